The molecular formula is C31H55N. The van der Waals surface area contributed by atoms with Crippen molar-refractivity contribution in [1.82, 2.24) is 0 Å². The van der Waals surface area contributed by atoms with Gasteiger partial charge < -0.3 is 0 Å². The number of rotatable bonds is 12. The van der Waals surface area contributed by atoms with E-state index in [2.05, 4.69) is 19.9 Å². The van der Waals surface area contributed by atoms with E-state index in [0.717, 1.165) is 36.0 Å². The molecule has 32 heavy (non-hydrogen) atoms. The number of nitriles is 1. The standard InChI is InChI=1S/C31H55N/c1-3-5-7-9-26-12-16-29(17-13-26)30-18-14-27(15-19-30)10-11-28-20-23-31(25-32,24-21-28)22-8-6-4-2/h26-30H,3-24H2,1-2H3/t26-,27?,28-,29-,30?,31-. The van der Waals surface area contributed by atoms with Gasteiger partial charge in [0.15, 0.2) is 0 Å². The topological polar surface area (TPSA) is 23.8 Å². The van der Waals surface area contributed by atoms with Crippen LogP contribution in [0.3, 0.4) is 0 Å². The molecule has 0 atom stereocenters. The molecule has 3 rings (SSSR count). The van der Waals surface area contributed by atoms with Gasteiger partial charge in [-0.25, -0.2) is 0 Å². The first kappa shape index (κ1) is 26.1. The summed E-state index contributed by atoms with van der Waals surface area (Å²) in [4.78, 5) is 0. The van der Waals surface area contributed by atoms with Crippen LogP contribution < -0.4 is 0 Å². The van der Waals surface area contributed by atoms with E-state index >= 15 is 0 Å². The summed E-state index contributed by atoms with van der Waals surface area (Å²) in [6, 6.07) is 2.75. The van der Waals surface area contributed by atoms with Crippen LogP contribution in [0, 0.1) is 46.3 Å². The van der Waals surface area contributed by atoms with Gasteiger partial charge in [-0.2, -0.15) is 5.26 Å². The zero-order valence-electron chi connectivity index (χ0n) is 21.9. The molecule has 3 fully saturated rings. The molecule has 0 unspecified atom stereocenters. The summed E-state index contributed by atoms with van der Waals surface area (Å²) in [7, 11) is 0. The van der Waals surface area contributed by atoms with E-state index in [0.29, 0.717) is 0 Å². The van der Waals surface area contributed by atoms with Crippen molar-refractivity contribution in [1.29, 1.82) is 5.26 Å². The molecule has 3 aliphatic rings. The van der Waals surface area contributed by atoms with Crippen molar-refractivity contribution >= 4 is 0 Å². The monoisotopic (exact) mass is 441 g/mol. The molecule has 0 bridgehead atoms. The molecule has 0 aromatic heterocycles. The lowest BCUT2D eigenvalue weighted by Crippen LogP contribution is -2.27. The quantitative estimate of drug-likeness (QED) is 0.276. The highest BCUT2D eigenvalue weighted by Gasteiger charge is 2.35. The van der Waals surface area contributed by atoms with Gasteiger partial charge in [-0.15, -0.1) is 0 Å². The van der Waals surface area contributed by atoms with Crippen LogP contribution in [-0.4, -0.2) is 0 Å². The zero-order chi connectivity index (χ0) is 22.7. The van der Waals surface area contributed by atoms with Gasteiger partial charge in [0.1, 0.15) is 0 Å². The van der Waals surface area contributed by atoms with Crippen LogP contribution in [0.15, 0.2) is 0 Å². The minimum atomic E-state index is 0.0404. The largest absolute Gasteiger partial charge is 0.198 e. The van der Waals surface area contributed by atoms with Gasteiger partial charge in [0.05, 0.1) is 11.5 Å². The van der Waals surface area contributed by atoms with Gasteiger partial charge in [-0.1, -0.05) is 97.3 Å². The van der Waals surface area contributed by atoms with Crippen molar-refractivity contribution in [3.05, 3.63) is 0 Å². The molecule has 3 aliphatic carbocycles. The molecule has 0 radical (unpaired) electrons. The predicted octanol–water partition coefficient (Wildman–Crippen LogP) is 10.2. The SMILES string of the molecule is CCCCC[C@H]1CC[C@H](C2CCC(CC[C@H]3CC[C@@](C#N)(CCCCC)CC3)CC2)CC1. The number of unbranched alkanes of at least 4 members (excludes halogenated alkanes) is 4. The number of nitrogens with zero attached hydrogens (tertiary/aromatic N) is 1. The first-order valence-corrected chi connectivity index (χ1v) is 15.1. The van der Waals surface area contributed by atoms with E-state index in [1.807, 2.05) is 0 Å². The molecule has 0 heterocycles. The van der Waals surface area contributed by atoms with Crippen LogP contribution >= 0.6 is 0 Å². The molecule has 0 aliphatic heterocycles. The highest BCUT2D eigenvalue weighted by molar-refractivity contribution is 5.01. The molecule has 0 N–H and O–H groups in total. The zero-order valence-corrected chi connectivity index (χ0v) is 21.9. The van der Waals surface area contributed by atoms with Crippen LogP contribution in [0.2, 0.25) is 0 Å². The predicted molar refractivity (Wildman–Crippen MR) is 138 cm³/mol. The Hall–Kier alpha value is -0.510. The summed E-state index contributed by atoms with van der Waals surface area (Å²) in [5.74, 6) is 5.14. The Kier molecular flexibility index (Phi) is 11.4. The fraction of sp³-hybridized carbons (Fsp3) is 0.968. The molecule has 1 heteroatoms. The van der Waals surface area contributed by atoms with Crippen LogP contribution in [0.4, 0.5) is 0 Å². The van der Waals surface area contributed by atoms with E-state index < -0.39 is 0 Å². The fourth-order valence-electron chi connectivity index (χ4n) is 7.70. The molecular weight excluding hydrogens is 386 g/mol. The average Bonchev–Trinajstić information content (AvgIpc) is 2.85. The lowest BCUT2D eigenvalue weighted by Gasteiger charge is -2.39. The maximum atomic E-state index is 9.81. The maximum Gasteiger partial charge on any atom is 0.0689 e. The third-order valence-corrected chi connectivity index (χ3v) is 10.2. The third-order valence-electron chi connectivity index (χ3n) is 10.2. The summed E-state index contributed by atoms with van der Waals surface area (Å²) < 4.78 is 0. The Morgan fingerprint density at radius 2 is 1.06 bits per heavy atom. The van der Waals surface area contributed by atoms with Crippen molar-refractivity contribution in [2.24, 2.45) is 35.0 Å². The van der Waals surface area contributed by atoms with Gasteiger partial charge in [0.2, 0.25) is 0 Å². The van der Waals surface area contributed by atoms with Crippen LogP contribution in [-0.2, 0) is 0 Å². The summed E-state index contributed by atoms with van der Waals surface area (Å²) >= 11 is 0. The van der Waals surface area contributed by atoms with Gasteiger partial charge in [0.25, 0.3) is 0 Å². The van der Waals surface area contributed by atoms with Crippen LogP contribution in [0.5, 0.6) is 0 Å². The average molecular weight is 442 g/mol. The van der Waals surface area contributed by atoms with Crippen molar-refractivity contribution in [2.75, 3.05) is 0 Å². The highest BCUT2D eigenvalue weighted by atomic mass is 14.4. The van der Waals surface area contributed by atoms with Crippen molar-refractivity contribution in [3.8, 4) is 6.07 Å². The Morgan fingerprint density at radius 3 is 1.56 bits per heavy atom. The van der Waals surface area contributed by atoms with Crippen molar-refractivity contribution in [2.45, 2.75) is 155 Å². The lowest BCUT2D eigenvalue weighted by atomic mass is 9.66. The molecule has 184 valence electrons. The first-order valence-electron chi connectivity index (χ1n) is 15.1. The summed E-state index contributed by atoms with van der Waals surface area (Å²) in [5, 5.41) is 9.81. The number of hydrogen-bond acceptors (Lipinski definition) is 1. The number of hydrogen-bond donors (Lipinski definition) is 0. The molecule has 0 saturated heterocycles. The second kappa shape index (κ2) is 14.0. The van der Waals surface area contributed by atoms with Gasteiger partial charge in [-0.3, -0.25) is 0 Å². The minimum absolute atomic E-state index is 0.0404. The fourth-order valence-corrected chi connectivity index (χ4v) is 7.70. The van der Waals surface area contributed by atoms with Crippen molar-refractivity contribution in [3.63, 3.8) is 0 Å². The second-order valence-corrected chi connectivity index (χ2v) is 12.4. The molecule has 0 spiro atoms. The molecule has 3 saturated carbocycles. The highest BCUT2D eigenvalue weighted by Crippen LogP contribution is 2.46. The molecule has 0 aromatic rings. The Bertz CT molecular complexity index is 521. The van der Waals surface area contributed by atoms with E-state index in [9.17, 15) is 5.26 Å². The Labute approximate surface area is 201 Å². The van der Waals surface area contributed by atoms with Crippen LogP contribution in [0.25, 0.3) is 0 Å². The minimum Gasteiger partial charge on any atom is -0.198 e. The summed E-state index contributed by atoms with van der Waals surface area (Å²) in [6.07, 6.45) is 31.1. The van der Waals surface area contributed by atoms with Crippen molar-refractivity contribution < 1.29 is 0 Å². The first-order chi connectivity index (χ1) is 15.7. The summed E-state index contributed by atoms with van der Waals surface area (Å²) in [6.45, 7) is 4.60. The Morgan fingerprint density at radius 1 is 0.594 bits per heavy atom. The van der Waals surface area contributed by atoms with E-state index in [1.165, 1.54) is 109 Å². The van der Waals surface area contributed by atoms with Gasteiger partial charge in [0, 0.05) is 0 Å². The van der Waals surface area contributed by atoms with Gasteiger partial charge >= 0.3 is 0 Å². The van der Waals surface area contributed by atoms with E-state index in [1.54, 1.807) is 25.7 Å². The second-order valence-electron chi connectivity index (χ2n) is 12.4. The molecule has 1 nitrogen and oxygen atoms in total. The third kappa shape index (κ3) is 8.06. The maximum absolute atomic E-state index is 9.81. The van der Waals surface area contributed by atoms with Crippen LogP contribution in [0.1, 0.15) is 155 Å². The van der Waals surface area contributed by atoms with E-state index in [4.69, 9.17) is 0 Å². The smallest absolute Gasteiger partial charge is 0.0689 e. The Balaban J connectivity index is 1.27. The van der Waals surface area contributed by atoms with E-state index in [-0.39, 0.29) is 5.41 Å². The molecule has 0 amide bonds. The summed E-state index contributed by atoms with van der Waals surface area (Å²) in [5.41, 5.74) is 0.0404. The molecule has 0 aromatic carbocycles. The lowest BCUT2D eigenvalue weighted by molar-refractivity contribution is 0.132. The van der Waals surface area contributed by atoms with Gasteiger partial charge in [-0.05, 0) is 87.4 Å². The normalized spacial score (nSPS) is 36.0.